The van der Waals surface area contributed by atoms with Gasteiger partial charge in [-0.05, 0) is 35.7 Å². The minimum Gasteiger partial charge on any atom is -0.315 e. The highest BCUT2D eigenvalue weighted by Gasteiger charge is 2.16. The largest absolute Gasteiger partial charge is 0.315 e. The van der Waals surface area contributed by atoms with Crippen LogP contribution in [0.15, 0.2) is 47.5 Å². The lowest BCUT2D eigenvalue weighted by atomic mass is 10.0. The van der Waals surface area contributed by atoms with Crippen molar-refractivity contribution in [3.63, 3.8) is 0 Å². The Bertz CT molecular complexity index is 960. The molecule has 2 aromatic heterocycles. The average molecular weight is 344 g/mol. The molecular formula is C17H20N4O2S. The molecule has 0 saturated heterocycles. The van der Waals surface area contributed by atoms with Gasteiger partial charge < -0.3 is 4.57 Å². The van der Waals surface area contributed by atoms with Gasteiger partial charge in [-0.15, -0.1) is 0 Å². The van der Waals surface area contributed by atoms with E-state index in [1.807, 2.05) is 25.2 Å². The van der Waals surface area contributed by atoms with Crippen molar-refractivity contribution in [2.24, 2.45) is 7.05 Å². The second-order valence-corrected chi connectivity index (χ2v) is 7.75. The number of sulfonamides is 1. The van der Waals surface area contributed by atoms with Gasteiger partial charge in [0.1, 0.15) is 11.3 Å². The maximum Gasteiger partial charge on any atom is 0.240 e. The number of pyridine rings is 1. The molecule has 24 heavy (non-hydrogen) atoms. The molecule has 1 N–H and O–H groups in total. The van der Waals surface area contributed by atoms with Gasteiger partial charge in [-0.2, -0.15) is 0 Å². The van der Waals surface area contributed by atoms with Gasteiger partial charge in [0, 0.05) is 13.2 Å². The van der Waals surface area contributed by atoms with Crippen molar-refractivity contribution >= 4 is 21.2 Å². The van der Waals surface area contributed by atoms with Crippen LogP contribution in [0.4, 0.5) is 0 Å². The van der Waals surface area contributed by atoms with Crippen LogP contribution in [0.5, 0.6) is 0 Å². The summed E-state index contributed by atoms with van der Waals surface area (Å²) < 4.78 is 29.3. The molecule has 0 aliphatic rings. The molecule has 7 heteroatoms. The highest BCUT2D eigenvalue weighted by Crippen LogP contribution is 2.18. The van der Waals surface area contributed by atoms with Crippen molar-refractivity contribution in [3.05, 3.63) is 54.0 Å². The fourth-order valence-corrected chi connectivity index (χ4v) is 3.48. The van der Waals surface area contributed by atoms with Crippen molar-refractivity contribution in [2.45, 2.75) is 31.2 Å². The first-order chi connectivity index (χ1) is 11.4. The molecule has 6 nitrogen and oxygen atoms in total. The van der Waals surface area contributed by atoms with Crippen molar-refractivity contribution in [1.29, 1.82) is 0 Å². The minimum absolute atomic E-state index is 0.112. The first kappa shape index (κ1) is 16.6. The second-order valence-electron chi connectivity index (χ2n) is 5.98. The van der Waals surface area contributed by atoms with E-state index < -0.39 is 10.0 Å². The third-order valence-electron chi connectivity index (χ3n) is 4.00. The molecule has 0 spiro atoms. The maximum absolute atomic E-state index is 12.4. The topological polar surface area (TPSA) is 76.9 Å². The van der Waals surface area contributed by atoms with Crippen LogP contribution in [-0.2, 0) is 23.6 Å². The predicted octanol–water partition coefficient (Wildman–Crippen LogP) is 2.57. The van der Waals surface area contributed by atoms with Gasteiger partial charge in [-0.1, -0.05) is 26.0 Å². The molecule has 0 aliphatic heterocycles. The smallest absolute Gasteiger partial charge is 0.240 e. The molecule has 0 aliphatic carbocycles. The van der Waals surface area contributed by atoms with Gasteiger partial charge >= 0.3 is 0 Å². The number of hydrogen-bond donors (Lipinski definition) is 1. The normalized spacial score (nSPS) is 12.2. The van der Waals surface area contributed by atoms with Crippen LogP contribution in [0.25, 0.3) is 11.2 Å². The number of fused-ring (bicyclic) bond motifs is 1. The van der Waals surface area contributed by atoms with Crippen LogP contribution in [0.2, 0.25) is 0 Å². The first-order valence-corrected chi connectivity index (χ1v) is 9.23. The molecule has 1 aromatic carbocycles. The quantitative estimate of drug-likeness (QED) is 0.772. The Labute approximate surface area is 141 Å². The van der Waals surface area contributed by atoms with Crippen LogP contribution in [0.3, 0.4) is 0 Å². The van der Waals surface area contributed by atoms with Crippen LogP contribution < -0.4 is 4.72 Å². The lowest BCUT2D eigenvalue weighted by Gasteiger charge is -2.09. The molecule has 0 bridgehead atoms. The minimum atomic E-state index is -3.58. The summed E-state index contributed by atoms with van der Waals surface area (Å²) in [6.07, 6.45) is 1.69. The zero-order valence-corrected chi connectivity index (χ0v) is 14.7. The van der Waals surface area contributed by atoms with E-state index in [4.69, 9.17) is 0 Å². The summed E-state index contributed by atoms with van der Waals surface area (Å²) >= 11 is 0. The van der Waals surface area contributed by atoms with E-state index in [9.17, 15) is 8.42 Å². The van der Waals surface area contributed by atoms with Crippen LogP contribution >= 0.6 is 0 Å². The van der Waals surface area contributed by atoms with Crippen molar-refractivity contribution < 1.29 is 8.42 Å². The van der Waals surface area contributed by atoms with E-state index in [1.54, 1.807) is 29.0 Å². The molecule has 0 saturated carbocycles. The maximum atomic E-state index is 12.4. The Morgan fingerprint density at radius 3 is 2.50 bits per heavy atom. The van der Waals surface area contributed by atoms with E-state index in [2.05, 4.69) is 28.5 Å². The molecule has 126 valence electrons. The lowest BCUT2D eigenvalue weighted by molar-refractivity contribution is 0.577. The number of imidazole rings is 1. The third-order valence-corrected chi connectivity index (χ3v) is 5.41. The summed E-state index contributed by atoms with van der Waals surface area (Å²) in [5, 5.41) is 0. The Kier molecular flexibility index (Phi) is 4.38. The van der Waals surface area contributed by atoms with Crippen molar-refractivity contribution in [2.75, 3.05) is 0 Å². The van der Waals surface area contributed by atoms with Crippen LogP contribution in [0.1, 0.15) is 31.2 Å². The molecule has 0 radical (unpaired) electrons. The molecule has 2 heterocycles. The predicted molar refractivity (Wildman–Crippen MR) is 93.1 cm³/mol. The third kappa shape index (κ3) is 3.18. The number of nitrogens with one attached hydrogen (secondary N) is 1. The monoisotopic (exact) mass is 344 g/mol. The van der Waals surface area contributed by atoms with Crippen LogP contribution in [-0.4, -0.2) is 23.0 Å². The fraction of sp³-hybridized carbons (Fsp3) is 0.294. The van der Waals surface area contributed by atoms with Gasteiger partial charge in [0.15, 0.2) is 5.65 Å². The van der Waals surface area contributed by atoms with E-state index in [-0.39, 0.29) is 11.4 Å². The highest BCUT2D eigenvalue weighted by atomic mass is 32.2. The number of benzene rings is 1. The Hall–Kier alpha value is -2.25. The van der Waals surface area contributed by atoms with E-state index >= 15 is 0 Å². The van der Waals surface area contributed by atoms with Gasteiger partial charge in [-0.25, -0.2) is 23.1 Å². The zero-order chi connectivity index (χ0) is 17.3. The van der Waals surface area contributed by atoms with Crippen molar-refractivity contribution in [1.82, 2.24) is 19.3 Å². The Morgan fingerprint density at radius 2 is 1.88 bits per heavy atom. The molecule has 0 atom stereocenters. The second kappa shape index (κ2) is 6.33. The molecular weight excluding hydrogens is 324 g/mol. The van der Waals surface area contributed by atoms with Gasteiger partial charge in [-0.3, -0.25) is 0 Å². The van der Waals surface area contributed by atoms with E-state index in [1.165, 1.54) is 0 Å². The summed E-state index contributed by atoms with van der Waals surface area (Å²) in [6, 6.07) is 10.6. The highest BCUT2D eigenvalue weighted by molar-refractivity contribution is 7.89. The molecule has 3 rings (SSSR count). The molecule has 0 fully saturated rings. The van der Waals surface area contributed by atoms with E-state index in [0.29, 0.717) is 11.7 Å². The van der Waals surface area contributed by atoms with Crippen LogP contribution in [0, 0.1) is 0 Å². The standard InChI is InChI=1S/C17H20N4O2S/c1-12(2)13-6-8-14(9-7-13)24(22,23)19-11-16-20-15-5-4-10-18-17(15)21(16)3/h4-10,12,19H,11H2,1-3H3. The number of hydrogen-bond acceptors (Lipinski definition) is 4. The number of nitrogens with zero attached hydrogens (tertiary/aromatic N) is 3. The Balaban J connectivity index is 1.80. The van der Waals surface area contributed by atoms with Gasteiger partial charge in [0.2, 0.25) is 10.0 Å². The Morgan fingerprint density at radius 1 is 1.17 bits per heavy atom. The summed E-state index contributed by atoms with van der Waals surface area (Å²) in [7, 11) is -1.76. The van der Waals surface area contributed by atoms with Gasteiger partial charge in [0.05, 0.1) is 11.4 Å². The number of rotatable bonds is 5. The zero-order valence-electron chi connectivity index (χ0n) is 13.9. The average Bonchev–Trinajstić information content (AvgIpc) is 2.90. The first-order valence-electron chi connectivity index (χ1n) is 7.74. The van der Waals surface area contributed by atoms with Crippen molar-refractivity contribution in [3.8, 4) is 0 Å². The SMILES string of the molecule is CC(C)c1ccc(S(=O)(=O)NCc2nc3cccnc3n2C)cc1. The summed E-state index contributed by atoms with van der Waals surface area (Å²) in [5.41, 5.74) is 2.58. The fourth-order valence-electron chi connectivity index (χ4n) is 2.50. The van der Waals surface area contributed by atoms with E-state index in [0.717, 1.165) is 16.7 Å². The summed E-state index contributed by atoms with van der Waals surface area (Å²) in [6.45, 7) is 4.25. The van der Waals surface area contributed by atoms with Gasteiger partial charge in [0.25, 0.3) is 0 Å². The number of aromatic nitrogens is 3. The molecule has 0 unspecified atom stereocenters. The molecule has 3 aromatic rings. The summed E-state index contributed by atoms with van der Waals surface area (Å²) in [5.74, 6) is 0.980. The lowest BCUT2D eigenvalue weighted by Crippen LogP contribution is -2.24. The molecule has 0 amide bonds. The summed E-state index contributed by atoms with van der Waals surface area (Å²) in [4.78, 5) is 8.93. The number of aryl methyl sites for hydroxylation is 1.